The van der Waals surface area contributed by atoms with Crippen LogP contribution in [0.5, 0.6) is 5.75 Å². The van der Waals surface area contributed by atoms with Gasteiger partial charge in [-0.1, -0.05) is 55.8 Å². The number of nitrogens with zero attached hydrogens (tertiary/aromatic N) is 1. The second-order valence-electron chi connectivity index (χ2n) is 7.18. The van der Waals surface area contributed by atoms with E-state index in [1.165, 1.54) is 0 Å². The number of benzene rings is 2. The summed E-state index contributed by atoms with van der Waals surface area (Å²) < 4.78 is 31.5. The van der Waals surface area contributed by atoms with Gasteiger partial charge in [0.2, 0.25) is 0 Å². The minimum absolute atomic E-state index is 0.148. The largest absolute Gasteiger partial charge is 0.530 e. The van der Waals surface area contributed by atoms with Crippen LogP contribution in [-0.4, -0.2) is 17.8 Å². The van der Waals surface area contributed by atoms with Crippen molar-refractivity contribution in [1.82, 2.24) is 4.57 Å². The summed E-state index contributed by atoms with van der Waals surface area (Å²) in [6.07, 6.45) is 2.24. The smallest absolute Gasteiger partial charge is 0.403 e. The molecule has 1 aromatic heterocycles. The molecule has 0 atom stereocenters. The Morgan fingerprint density at radius 2 is 1.55 bits per heavy atom. The van der Waals surface area contributed by atoms with Crippen molar-refractivity contribution in [3.05, 3.63) is 76.1 Å². The molecule has 0 aliphatic carbocycles. The van der Waals surface area contributed by atoms with Crippen molar-refractivity contribution in [2.45, 2.75) is 46.6 Å². The molecule has 0 unspecified atom stereocenters. The molecule has 0 bridgehead atoms. The SMILES string of the molecule is CCCCc1c(OP(=O)(OCC)OCC)c2ccccc2n(Cc2ccccc2)c1=O. The van der Waals surface area contributed by atoms with Crippen LogP contribution < -0.4 is 10.1 Å². The van der Waals surface area contributed by atoms with Crippen LogP contribution in [0.4, 0.5) is 0 Å². The second kappa shape index (κ2) is 10.8. The first kappa shape index (κ1) is 23.3. The van der Waals surface area contributed by atoms with E-state index in [1.807, 2.05) is 54.6 Å². The van der Waals surface area contributed by atoms with E-state index in [0.717, 1.165) is 18.4 Å². The molecule has 0 saturated carbocycles. The Hall–Kier alpha value is -2.40. The van der Waals surface area contributed by atoms with Crippen LogP contribution in [0.25, 0.3) is 10.9 Å². The molecule has 1 heterocycles. The lowest BCUT2D eigenvalue weighted by Gasteiger charge is -2.22. The highest BCUT2D eigenvalue weighted by atomic mass is 31.2. The summed E-state index contributed by atoms with van der Waals surface area (Å²) in [6.45, 7) is 6.30. The molecule has 0 amide bonds. The lowest BCUT2D eigenvalue weighted by molar-refractivity contribution is 0.167. The van der Waals surface area contributed by atoms with Gasteiger partial charge in [-0.2, -0.15) is 0 Å². The van der Waals surface area contributed by atoms with Crippen molar-refractivity contribution < 1.29 is 18.1 Å². The van der Waals surface area contributed by atoms with Crippen LogP contribution >= 0.6 is 7.82 Å². The minimum atomic E-state index is -3.85. The fraction of sp³-hybridized carbons (Fsp3) is 0.375. The number of phosphoric ester groups is 1. The summed E-state index contributed by atoms with van der Waals surface area (Å²) >= 11 is 0. The maximum atomic E-state index is 13.6. The topological polar surface area (TPSA) is 66.8 Å². The monoisotopic (exact) mass is 443 g/mol. The number of aromatic nitrogens is 1. The third-order valence-electron chi connectivity index (χ3n) is 4.96. The number of hydrogen-bond acceptors (Lipinski definition) is 5. The third-order valence-corrected chi connectivity index (χ3v) is 6.51. The number of fused-ring (bicyclic) bond motifs is 1. The number of rotatable bonds is 11. The van der Waals surface area contributed by atoms with E-state index in [4.69, 9.17) is 13.6 Å². The highest BCUT2D eigenvalue weighted by molar-refractivity contribution is 7.48. The number of pyridine rings is 1. The number of unbranched alkanes of at least 4 members (excludes halogenated alkanes) is 1. The molecule has 3 aromatic rings. The van der Waals surface area contributed by atoms with Gasteiger partial charge in [0.15, 0.2) is 0 Å². The van der Waals surface area contributed by atoms with E-state index in [2.05, 4.69) is 6.92 Å². The van der Waals surface area contributed by atoms with Crippen LogP contribution in [0.2, 0.25) is 0 Å². The Morgan fingerprint density at radius 3 is 2.19 bits per heavy atom. The van der Waals surface area contributed by atoms with Crippen LogP contribution in [0, 0.1) is 0 Å². The van der Waals surface area contributed by atoms with Crippen LogP contribution in [0.15, 0.2) is 59.4 Å². The lowest BCUT2D eigenvalue weighted by atomic mass is 10.0. The van der Waals surface area contributed by atoms with E-state index < -0.39 is 7.82 Å². The first-order chi connectivity index (χ1) is 15.0. The van der Waals surface area contributed by atoms with Gasteiger partial charge in [-0.15, -0.1) is 0 Å². The first-order valence-corrected chi connectivity index (χ1v) is 12.3. The van der Waals surface area contributed by atoms with Gasteiger partial charge in [0, 0.05) is 5.39 Å². The normalized spacial score (nSPS) is 11.7. The fourth-order valence-electron chi connectivity index (χ4n) is 3.55. The summed E-state index contributed by atoms with van der Waals surface area (Å²) in [7, 11) is -3.85. The number of phosphoric acid groups is 1. The summed E-state index contributed by atoms with van der Waals surface area (Å²) in [6, 6.07) is 17.4. The van der Waals surface area contributed by atoms with E-state index in [-0.39, 0.29) is 18.8 Å². The van der Waals surface area contributed by atoms with E-state index in [0.29, 0.717) is 35.2 Å². The molecule has 166 valence electrons. The molecule has 7 heteroatoms. The summed E-state index contributed by atoms with van der Waals surface area (Å²) in [5, 5.41) is 0.712. The zero-order chi connectivity index (χ0) is 22.3. The van der Waals surface area contributed by atoms with Crippen molar-refractivity contribution >= 4 is 18.7 Å². The Balaban J connectivity index is 2.22. The molecule has 0 spiro atoms. The molecule has 0 N–H and O–H groups in total. The van der Waals surface area contributed by atoms with Gasteiger partial charge >= 0.3 is 7.82 Å². The molecule has 0 aliphatic heterocycles. The average molecular weight is 443 g/mol. The zero-order valence-electron chi connectivity index (χ0n) is 18.4. The van der Waals surface area contributed by atoms with Gasteiger partial charge in [-0.25, -0.2) is 4.57 Å². The standard InChI is InChI=1S/C24H30NO5P/c1-4-7-15-21-23(30-31(27,28-5-2)29-6-3)20-16-11-12-17-22(20)25(24(21)26)18-19-13-9-8-10-14-19/h8-14,16-17H,4-7,15,18H2,1-3H3. The molecule has 0 fully saturated rings. The van der Waals surface area contributed by atoms with Crippen LogP contribution in [-0.2, 0) is 26.6 Å². The second-order valence-corrected chi connectivity index (χ2v) is 8.77. The van der Waals surface area contributed by atoms with E-state index in [9.17, 15) is 9.36 Å². The van der Waals surface area contributed by atoms with Gasteiger partial charge in [-0.05, 0) is 44.4 Å². The Labute approximate surface area is 183 Å². The molecule has 0 radical (unpaired) electrons. The quantitative estimate of drug-likeness (QED) is 0.343. The van der Waals surface area contributed by atoms with Gasteiger partial charge < -0.3 is 9.09 Å². The van der Waals surface area contributed by atoms with Crippen molar-refractivity contribution in [1.29, 1.82) is 0 Å². The summed E-state index contributed by atoms with van der Waals surface area (Å²) in [4.78, 5) is 13.6. The molecule has 31 heavy (non-hydrogen) atoms. The third kappa shape index (κ3) is 5.45. The summed E-state index contributed by atoms with van der Waals surface area (Å²) in [5.41, 5.74) is 2.09. The number of hydrogen-bond donors (Lipinski definition) is 0. The summed E-state index contributed by atoms with van der Waals surface area (Å²) in [5.74, 6) is 0.295. The molecule has 0 aliphatic rings. The predicted octanol–water partition coefficient (Wildman–Crippen LogP) is 5.95. The van der Waals surface area contributed by atoms with Crippen molar-refractivity contribution in [3.8, 4) is 5.75 Å². The van der Waals surface area contributed by atoms with Gasteiger partial charge in [0.05, 0.1) is 30.8 Å². The molecule has 2 aromatic carbocycles. The van der Waals surface area contributed by atoms with Gasteiger partial charge in [0.1, 0.15) is 5.75 Å². The Kier molecular flexibility index (Phi) is 8.08. The zero-order valence-corrected chi connectivity index (χ0v) is 19.3. The highest BCUT2D eigenvalue weighted by Gasteiger charge is 2.31. The lowest BCUT2D eigenvalue weighted by Crippen LogP contribution is -2.26. The van der Waals surface area contributed by atoms with Crippen LogP contribution in [0.3, 0.4) is 0 Å². The molecule has 6 nitrogen and oxygen atoms in total. The first-order valence-electron chi connectivity index (χ1n) is 10.8. The molecule has 3 rings (SSSR count). The highest BCUT2D eigenvalue weighted by Crippen LogP contribution is 2.51. The van der Waals surface area contributed by atoms with Crippen LogP contribution in [0.1, 0.15) is 44.7 Å². The fourth-order valence-corrected chi connectivity index (χ4v) is 4.80. The Bertz CT molecular complexity index is 1100. The maximum absolute atomic E-state index is 13.6. The molecular formula is C24H30NO5P. The average Bonchev–Trinajstić information content (AvgIpc) is 2.77. The van der Waals surface area contributed by atoms with E-state index in [1.54, 1.807) is 18.4 Å². The van der Waals surface area contributed by atoms with Crippen molar-refractivity contribution in [2.75, 3.05) is 13.2 Å². The minimum Gasteiger partial charge on any atom is -0.403 e. The predicted molar refractivity (Wildman–Crippen MR) is 124 cm³/mol. The van der Waals surface area contributed by atoms with Crippen molar-refractivity contribution in [3.63, 3.8) is 0 Å². The van der Waals surface area contributed by atoms with Crippen molar-refractivity contribution in [2.24, 2.45) is 0 Å². The molecular weight excluding hydrogens is 413 g/mol. The number of para-hydroxylation sites is 1. The van der Waals surface area contributed by atoms with Gasteiger partial charge in [-0.3, -0.25) is 13.8 Å². The van der Waals surface area contributed by atoms with Gasteiger partial charge in [0.25, 0.3) is 5.56 Å². The molecule has 0 saturated heterocycles. The maximum Gasteiger partial charge on any atom is 0.530 e. The Morgan fingerprint density at radius 1 is 0.903 bits per heavy atom. The van der Waals surface area contributed by atoms with E-state index >= 15 is 0 Å².